The molecule has 125 heavy (non-hydrogen) atoms. The lowest BCUT2D eigenvalue weighted by Gasteiger charge is -2.17. The lowest BCUT2D eigenvalue weighted by atomic mass is 10.0. The van der Waals surface area contributed by atoms with Gasteiger partial charge in [-0.05, 0) is 277 Å². The normalized spacial score (nSPS) is 10.6. The molecular weight excluding hydrogens is 1630 g/mol. The Balaban J connectivity index is 0.000000127. The van der Waals surface area contributed by atoms with Crippen molar-refractivity contribution in [1.82, 2.24) is 24.9 Å². The van der Waals surface area contributed by atoms with Crippen LogP contribution in [0.3, 0.4) is 0 Å². The summed E-state index contributed by atoms with van der Waals surface area (Å²) < 4.78 is 59.3. The Morgan fingerprint density at radius 2 is 0.520 bits per heavy atom. The summed E-state index contributed by atoms with van der Waals surface area (Å²) in [5.41, 5.74) is 24.8. The minimum absolute atomic E-state index is 0.644. The highest BCUT2D eigenvalue weighted by atomic mass is 27.2. The third-order valence-electron chi connectivity index (χ3n) is 21.3. The molecule has 0 N–H and O–H groups in total. The molecule has 15 nitrogen and oxygen atoms in total. The molecule has 0 atom stereocenters. The Kier molecular flexibility index (Phi) is 30.6. The number of aromatic nitrogens is 5. The van der Waals surface area contributed by atoms with Crippen molar-refractivity contribution in [2.45, 2.75) is 96.9 Å². The van der Waals surface area contributed by atoms with Gasteiger partial charge in [0.25, 0.3) is 0 Å². The van der Waals surface area contributed by atoms with Crippen LogP contribution in [0, 0.1) is 96.9 Å². The quantitative estimate of drug-likeness (QED) is 0.0590. The molecule has 18 aromatic rings. The van der Waals surface area contributed by atoms with Crippen molar-refractivity contribution in [3.05, 3.63) is 388 Å². The van der Waals surface area contributed by atoms with Crippen LogP contribution in [0.15, 0.2) is 309 Å². The van der Waals surface area contributed by atoms with Crippen molar-refractivity contribution in [2.24, 2.45) is 0 Å². The maximum atomic E-state index is 6.05. The van der Waals surface area contributed by atoms with Crippen molar-refractivity contribution in [2.75, 3.05) is 0 Å². The van der Waals surface area contributed by atoms with Gasteiger partial charge in [0, 0.05) is 55.4 Å². The molecule has 0 aliphatic rings. The number of hydrogen-bond donors (Lipinski definition) is 0. The van der Waals surface area contributed by atoms with Gasteiger partial charge in [-0.25, -0.2) is 24.9 Å². The molecule has 0 amide bonds. The lowest BCUT2D eigenvalue weighted by Crippen LogP contribution is -2.13. The van der Waals surface area contributed by atoms with Gasteiger partial charge >= 0.3 is 79.4 Å². The Morgan fingerprint density at radius 1 is 0.184 bits per heavy atom. The molecule has 13 aromatic carbocycles. The molecule has 0 bridgehead atoms. The van der Waals surface area contributed by atoms with Gasteiger partial charge in [0.1, 0.15) is 56.3 Å². The first-order chi connectivity index (χ1) is 60.7. The van der Waals surface area contributed by atoms with Crippen molar-refractivity contribution in [1.29, 1.82) is 0 Å². The van der Waals surface area contributed by atoms with E-state index in [0.717, 1.165) is 157 Å². The van der Waals surface area contributed by atoms with Crippen molar-refractivity contribution < 1.29 is 37.9 Å². The summed E-state index contributed by atoms with van der Waals surface area (Å²) in [4.78, 5) is 23.0. The molecule has 613 valence electrons. The minimum Gasteiger partial charge on any atom is -0.616 e. The van der Waals surface area contributed by atoms with Crippen LogP contribution in [0.1, 0.15) is 78.5 Å². The highest BCUT2D eigenvalue weighted by molar-refractivity contribution is 6.23. The molecule has 0 saturated carbocycles. The smallest absolute Gasteiger partial charge is 0.616 e. The number of pyridine rings is 5. The Labute approximate surface area is 765 Å². The van der Waals surface area contributed by atoms with E-state index in [0.29, 0.717) is 0 Å². The molecule has 0 unspecified atom stereocenters. The van der Waals surface area contributed by atoms with Gasteiger partial charge in [-0.1, -0.05) is 212 Å². The highest BCUT2D eigenvalue weighted by Gasteiger charge is 2.20. The van der Waals surface area contributed by atoms with Crippen LogP contribution in [0.25, 0.3) is 87.5 Å². The maximum Gasteiger partial charge on any atom is 0.881 e. The Bertz CT molecular complexity index is 6790. The van der Waals surface area contributed by atoms with Gasteiger partial charge in [-0.2, -0.15) is 0 Å². The summed E-state index contributed by atoms with van der Waals surface area (Å²) in [6.07, 6.45) is 0. The monoisotopic (exact) mass is 1720 g/mol. The summed E-state index contributed by atoms with van der Waals surface area (Å²) >= 11 is -3.32. The zero-order valence-corrected chi connectivity index (χ0v) is 78.4. The first kappa shape index (κ1) is 89.1. The van der Waals surface area contributed by atoms with E-state index >= 15 is 0 Å². The van der Waals surface area contributed by atoms with Crippen LogP contribution in [-0.2, 0) is 0 Å². The van der Waals surface area contributed by atoms with Gasteiger partial charge in [0.15, 0.2) is 0 Å². The minimum atomic E-state index is -0.688. The van der Waals surface area contributed by atoms with Crippen molar-refractivity contribution in [3.63, 3.8) is 0 Å². The zero-order valence-electron chi connectivity index (χ0n) is 72.7. The largest absolute Gasteiger partial charge is 0.881 e. The topological polar surface area (TPSA) is 157 Å². The fourth-order valence-electron chi connectivity index (χ4n) is 14.3. The van der Waals surface area contributed by atoms with Crippen LogP contribution in [0.2, 0.25) is 0 Å². The van der Waals surface area contributed by atoms with Crippen LogP contribution >= 0.6 is 0 Å². The fourth-order valence-corrected chi connectivity index (χ4v) is 17.7. The number of hydrogen-bond acceptors (Lipinski definition) is 15. The Morgan fingerprint density at radius 3 is 1.00 bits per heavy atom. The predicted molar refractivity (Wildman–Crippen MR) is 511 cm³/mol. The van der Waals surface area contributed by atoms with Crippen LogP contribution in [0.5, 0.6) is 57.5 Å². The van der Waals surface area contributed by atoms with Gasteiger partial charge < -0.3 is 37.9 Å². The summed E-state index contributed by atoms with van der Waals surface area (Å²) in [5.74, 6) is 8.22. The van der Waals surface area contributed by atoms with Gasteiger partial charge in [-0.15, -0.1) is 0 Å². The fraction of sp³-hybridized carbons (Fsp3) is 0.133. The summed E-state index contributed by atoms with van der Waals surface area (Å²) in [6.45, 7) is 28.8. The molecule has 0 saturated heterocycles. The molecule has 5 radical (unpaired) electrons. The number of nitrogens with zero attached hydrogens (tertiary/aromatic N) is 5. The van der Waals surface area contributed by atoms with E-state index in [2.05, 4.69) is 209 Å². The number of benzene rings is 13. The molecular formula is C105H93Al5N5O10. The Hall–Kier alpha value is -12.2. The van der Waals surface area contributed by atoms with Crippen molar-refractivity contribution in [3.8, 4) is 79.7 Å². The number of aryl methyl sites for hydroxylation is 11. The SMILES string of the molecule is Cc1cc(C)c2cccc([O][Al][O]c3ccc(-c4ccccc4)cc3)c2n1.Cc1cc(C)c2cccc([O][Al][O]c3cccc(-c4ccccc4)c3)c2n1.Cc1ccc2cccc([O][Al][O]c3c(C)c(C)cc(C)c3C)c2n1.Cc1ccc2cccc([O][Al][O]c3c(C)ccc(C)c3C)c2n1.Cc1ccc2cccc([O][Al][O]c3ccc4ccccc4c3)c2n1. The molecule has 0 aliphatic heterocycles. The second-order valence-corrected chi connectivity index (χ2v) is 33.8. The standard InChI is InChI=1S/2C12H10O.2C11H11NO.3C10H9NO.C10H8O.C10H14O.C9H12O.5Al/c13-12-8-4-7-11(9-12)10-5-2-1-3-6-10;13-12-8-6-11(7-9-12)10-4-2-1-3-5-10;2*1-7-6-8(2)12-11-9(7)4-3-5-10(11)13;3*1-7-5-6-8-3-2-4-9(12)10(8)11-7;11-10-6-5-8-3-1-2-4-9(8)7-10;1-6-5-7(2)9(4)10(11)8(6)3;1-6-4-5-7(2)9(10)8(6)3;;;;;/h2*1-9,13H;2*3-6,13H,1-2H3;3*2-6,12H,1H3;1-7,11H;5,11H,1-4H3;4-5,10H,1-3H3;;;;;/q;;;;;;;;;;5*+2/p-10. The van der Waals surface area contributed by atoms with E-state index in [1.165, 1.54) is 66.6 Å². The lowest BCUT2D eigenvalue weighted by molar-refractivity contribution is 0.456. The third-order valence-corrected chi connectivity index (χ3v) is 24.8. The van der Waals surface area contributed by atoms with Gasteiger partial charge in [0.05, 0.1) is 28.7 Å². The molecule has 18 rings (SSSR count). The van der Waals surface area contributed by atoms with Crippen LogP contribution in [0.4, 0.5) is 0 Å². The van der Waals surface area contributed by atoms with E-state index in [-0.39, 0.29) is 0 Å². The van der Waals surface area contributed by atoms with Gasteiger partial charge in [-0.3, -0.25) is 0 Å². The molecule has 5 heterocycles. The number of fused-ring (bicyclic) bond motifs is 6. The average molecular weight is 1720 g/mol. The first-order valence-electron chi connectivity index (χ1n) is 41.3. The third kappa shape index (κ3) is 23.5. The molecule has 0 fully saturated rings. The predicted octanol–water partition coefficient (Wildman–Crippen LogP) is 24.9. The second-order valence-electron chi connectivity index (χ2n) is 30.5. The first-order valence-corrected chi connectivity index (χ1v) is 46.0. The zero-order chi connectivity index (χ0) is 87.3. The molecule has 20 heteroatoms. The van der Waals surface area contributed by atoms with E-state index in [1.54, 1.807) is 0 Å². The van der Waals surface area contributed by atoms with E-state index in [9.17, 15) is 0 Å². The van der Waals surface area contributed by atoms with E-state index in [1.807, 2.05) is 223 Å². The second kappa shape index (κ2) is 43.0. The number of rotatable bonds is 22. The van der Waals surface area contributed by atoms with Crippen LogP contribution in [-0.4, -0.2) is 104 Å². The average Bonchev–Trinajstić information content (AvgIpc) is 0.816. The maximum absolute atomic E-state index is 6.05. The van der Waals surface area contributed by atoms with E-state index < -0.39 is 79.4 Å². The highest BCUT2D eigenvalue weighted by Crippen LogP contribution is 2.35. The van der Waals surface area contributed by atoms with Crippen molar-refractivity contribution >= 4 is 145 Å². The summed E-state index contributed by atoms with van der Waals surface area (Å²) in [5, 5.41) is 7.83. The molecule has 5 aromatic heterocycles. The summed E-state index contributed by atoms with van der Waals surface area (Å²) in [7, 11) is 0. The van der Waals surface area contributed by atoms with E-state index in [4.69, 9.17) is 37.9 Å². The van der Waals surface area contributed by atoms with Gasteiger partial charge in [0.2, 0.25) is 0 Å². The molecule has 0 spiro atoms. The molecule has 0 aliphatic carbocycles. The summed E-state index contributed by atoms with van der Waals surface area (Å²) in [6, 6.07) is 104. The number of para-hydroxylation sites is 5. The van der Waals surface area contributed by atoms with Crippen LogP contribution < -0.4 is 37.9 Å².